The van der Waals surface area contributed by atoms with Crippen LogP contribution in [-0.4, -0.2) is 22.6 Å². The van der Waals surface area contributed by atoms with Gasteiger partial charge in [-0.15, -0.1) is 0 Å². The highest BCUT2D eigenvalue weighted by Gasteiger charge is 2.22. The van der Waals surface area contributed by atoms with Gasteiger partial charge in [0, 0.05) is 30.3 Å². The molecule has 0 atom stereocenters. The van der Waals surface area contributed by atoms with Crippen LogP contribution in [0.5, 0.6) is 0 Å². The second-order valence-corrected chi connectivity index (χ2v) is 4.57. The second kappa shape index (κ2) is 4.72. The Kier molecular flexibility index (Phi) is 2.91. The predicted octanol–water partition coefficient (Wildman–Crippen LogP) is 2.86. The van der Waals surface area contributed by atoms with E-state index in [1.165, 1.54) is 0 Å². The van der Waals surface area contributed by atoms with Gasteiger partial charge in [0.15, 0.2) is 0 Å². The van der Waals surface area contributed by atoms with Crippen LogP contribution in [0, 0.1) is 0 Å². The number of benzene rings is 1. The summed E-state index contributed by atoms with van der Waals surface area (Å²) in [6.07, 6.45) is 5.29. The fourth-order valence-electron chi connectivity index (χ4n) is 2.62. The Morgan fingerprint density at radius 3 is 2.74 bits per heavy atom. The van der Waals surface area contributed by atoms with Crippen molar-refractivity contribution in [1.29, 1.82) is 0 Å². The molecule has 4 heteroatoms. The topological polar surface area (TPSA) is 53.4 Å². The fraction of sp³-hybridized carbons (Fsp3) is 0.200. The molecule has 1 aliphatic rings. The molecule has 3 rings (SSSR count). The van der Waals surface area contributed by atoms with Crippen molar-refractivity contribution in [1.82, 2.24) is 4.98 Å². The van der Waals surface area contributed by atoms with Crippen molar-refractivity contribution in [2.75, 3.05) is 11.4 Å². The highest BCUT2D eigenvalue weighted by Crippen LogP contribution is 2.34. The number of pyridine rings is 1. The first-order chi connectivity index (χ1) is 9.27. The third kappa shape index (κ3) is 2.05. The number of fused-ring (bicyclic) bond motifs is 1. The molecule has 2 aromatic rings. The van der Waals surface area contributed by atoms with E-state index in [1.54, 1.807) is 18.5 Å². The molecule has 0 amide bonds. The summed E-state index contributed by atoms with van der Waals surface area (Å²) in [5, 5.41) is 9.27. The summed E-state index contributed by atoms with van der Waals surface area (Å²) >= 11 is 0. The monoisotopic (exact) mass is 254 g/mol. The lowest BCUT2D eigenvalue weighted by Crippen LogP contribution is -2.25. The lowest BCUT2D eigenvalue weighted by Gasteiger charge is -2.32. The highest BCUT2D eigenvalue weighted by molar-refractivity contribution is 5.92. The normalized spacial score (nSPS) is 14.0. The maximum Gasteiger partial charge on any atom is 0.336 e. The Bertz CT molecular complexity index is 611. The van der Waals surface area contributed by atoms with Gasteiger partial charge in [0.25, 0.3) is 0 Å². The first-order valence-corrected chi connectivity index (χ1v) is 6.30. The molecule has 0 fully saturated rings. The van der Waals surface area contributed by atoms with E-state index in [2.05, 4.69) is 9.88 Å². The van der Waals surface area contributed by atoms with E-state index in [1.807, 2.05) is 24.3 Å². The zero-order chi connectivity index (χ0) is 13.2. The van der Waals surface area contributed by atoms with Crippen molar-refractivity contribution in [2.45, 2.75) is 12.8 Å². The minimum Gasteiger partial charge on any atom is -0.478 e. The van der Waals surface area contributed by atoms with Gasteiger partial charge in [-0.1, -0.05) is 6.07 Å². The van der Waals surface area contributed by atoms with Crippen LogP contribution in [0.3, 0.4) is 0 Å². The first kappa shape index (κ1) is 11.7. The number of carboxylic acid groups (broad SMARTS) is 1. The molecule has 2 heterocycles. The second-order valence-electron chi connectivity index (χ2n) is 4.57. The van der Waals surface area contributed by atoms with Gasteiger partial charge >= 0.3 is 5.97 Å². The van der Waals surface area contributed by atoms with Crippen molar-refractivity contribution in [3.63, 3.8) is 0 Å². The summed E-state index contributed by atoms with van der Waals surface area (Å²) in [7, 11) is 0. The van der Waals surface area contributed by atoms with E-state index in [0.717, 1.165) is 36.3 Å². The minimum atomic E-state index is -0.853. The molecule has 1 aromatic carbocycles. The lowest BCUT2D eigenvalue weighted by molar-refractivity contribution is 0.0695. The SMILES string of the molecule is O=C(O)c1cccc2c1CCCN2c1ccncc1. The summed E-state index contributed by atoms with van der Waals surface area (Å²) in [5.41, 5.74) is 3.39. The van der Waals surface area contributed by atoms with Gasteiger partial charge in [0.05, 0.1) is 5.56 Å². The molecule has 0 radical (unpaired) electrons. The van der Waals surface area contributed by atoms with Gasteiger partial charge in [0.2, 0.25) is 0 Å². The van der Waals surface area contributed by atoms with Crippen LogP contribution < -0.4 is 4.90 Å². The van der Waals surface area contributed by atoms with E-state index >= 15 is 0 Å². The standard InChI is InChI=1S/C15H14N2O2/c18-15(19)13-3-1-5-14-12(13)4-2-10-17(14)11-6-8-16-9-7-11/h1,3,5-9H,2,4,10H2,(H,18,19). The van der Waals surface area contributed by atoms with E-state index in [0.29, 0.717) is 5.56 Å². The maximum atomic E-state index is 11.3. The molecule has 96 valence electrons. The fourth-order valence-corrected chi connectivity index (χ4v) is 2.62. The number of rotatable bonds is 2. The van der Waals surface area contributed by atoms with E-state index < -0.39 is 5.97 Å². The summed E-state index contributed by atoms with van der Waals surface area (Å²) in [6.45, 7) is 0.903. The molecular weight excluding hydrogens is 240 g/mol. The molecule has 0 unspecified atom stereocenters. The first-order valence-electron chi connectivity index (χ1n) is 6.30. The Labute approximate surface area is 111 Å². The van der Waals surface area contributed by atoms with Crippen molar-refractivity contribution in [3.05, 3.63) is 53.9 Å². The van der Waals surface area contributed by atoms with Crippen molar-refractivity contribution >= 4 is 17.3 Å². The van der Waals surface area contributed by atoms with Gasteiger partial charge in [-0.3, -0.25) is 4.98 Å². The molecule has 0 bridgehead atoms. The van der Waals surface area contributed by atoms with Crippen LogP contribution >= 0.6 is 0 Å². The van der Waals surface area contributed by atoms with Crippen molar-refractivity contribution in [2.24, 2.45) is 0 Å². The van der Waals surface area contributed by atoms with Crippen LogP contribution in [0.1, 0.15) is 22.3 Å². The van der Waals surface area contributed by atoms with Crippen LogP contribution in [0.15, 0.2) is 42.7 Å². The molecule has 19 heavy (non-hydrogen) atoms. The molecule has 0 saturated carbocycles. The van der Waals surface area contributed by atoms with Gasteiger partial charge in [-0.25, -0.2) is 4.79 Å². The molecule has 0 saturated heterocycles. The summed E-state index contributed by atoms with van der Waals surface area (Å²) in [6, 6.07) is 9.37. The van der Waals surface area contributed by atoms with Gasteiger partial charge in [-0.05, 0) is 42.7 Å². The maximum absolute atomic E-state index is 11.3. The number of hydrogen-bond acceptors (Lipinski definition) is 3. The number of hydrogen-bond donors (Lipinski definition) is 1. The van der Waals surface area contributed by atoms with E-state index in [-0.39, 0.29) is 0 Å². The molecule has 1 N–H and O–H groups in total. The zero-order valence-electron chi connectivity index (χ0n) is 10.4. The average Bonchev–Trinajstić information content (AvgIpc) is 2.46. The summed E-state index contributed by atoms with van der Waals surface area (Å²) in [4.78, 5) is 17.5. The number of carboxylic acids is 1. The molecule has 0 spiro atoms. The summed E-state index contributed by atoms with van der Waals surface area (Å²) in [5.74, 6) is -0.853. The van der Waals surface area contributed by atoms with Gasteiger partial charge < -0.3 is 10.0 Å². The lowest BCUT2D eigenvalue weighted by atomic mass is 9.96. The molecule has 0 aliphatic carbocycles. The number of anilines is 2. The van der Waals surface area contributed by atoms with Crippen molar-refractivity contribution in [3.8, 4) is 0 Å². The largest absolute Gasteiger partial charge is 0.478 e. The van der Waals surface area contributed by atoms with Crippen molar-refractivity contribution < 1.29 is 9.90 Å². The smallest absolute Gasteiger partial charge is 0.336 e. The Hall–Kier alpha value is -2.36. The average molecular weight is 254 g/mol. The molecule has 1 aliphatic heterocycles. The minimum absolute atomic E-state index is 0.413. The molecule has 1 aromatic heterocycles. The Morgan fingerprint density at radius 2 is 2.00 bits per heavy atom. The van der Waals surface area contributed by atoms with Crippen LogP contribution in [0.2, 0.25) is 0 Å². The third-order valence-electron chi connectivity index (χ3n) is 3.46. The van der Waals surface area contributed by atoms with Gasteiger partial charge in [-0.2, -0.15) is 0 Å². The highest BCUT2D eigenvalue weighted by atomic mass is 16.4. The number of nitrogens with zero attached hydrogens (tertiary/aromatic N) is 2. The quantitative estimate of drug-likeness (QED) is 0.895. The Morgan fingerprint density at radius 1 is 1.21 bits per heavy atom. The van der Waals surface area contributed by atoms with E-state index in [9.17, 15) is 9.90 Å². The van der Waals surface area contributed by atoms with Crippen LogP contribution in [0.25, 0.3) is 0 Å². The summed E-state index contributed by atoms with van der Waals surface area (Å²) < 4.78 is 0. The molecule has 4 nitrogen and oxygen atoms in total. The van der Waals surface area contributed by atoms with Crippen LogP contribution in [0.4, 0.5) is 11.4 Å². The zero-order valence-corrected chi connectivity index (χ0v) is 10.4. The Balaban J connectivity index is 2.11. The number of carbonyl (C=O) groups is 1. The van der Waals surface area contributed by atoms with Gasteiger partial charge in [0.1, 0.15) is 0 Å². The third-order valence-corrected chi connectivity index (χ3v) is 3.46. The van der Waals surface area contributed by atoms with Crippen LogP contribution in [-0.2, 0) is 6.42 Å². The van der Waals surface area contributed by atoms with E-state index in [4.69, 9.17) is 0 Å². The number of aromatic nitrogens is 1. The molecular formula is C15H14N2O2. The number of aromatic carboxylic acids is 1. The predicted molar refractivity (Wildman–Crippen MR) is 73.0 cm³/mol.